The van der Waals surface area contributed by atoms with Crippen molar-refractivity contribution in [1.82, 2.24) is 4.90 Å². The second kappa shape index (κ2) is 5.32. The molecule has 0 atom stereocenters. The largest absolute Gasteiger partial charge is 0.444 e. The van der Waals surface area contributed by atoms with Crippen LogP contribution in [0.5, 0.6) is 0 Å². The summed E-state index contributed by atoms with van der Waals surface area (Å²) in [5, 5.41) is 9.42. The molecule has 20 heavy (non-hydrogen) atoms. The molecule has 0 radical (unpaired) electrons. The minimum Gasteiger partial charge on any atom is -0.444 e. The molecule has 0 spiro atoms. The lowest BCUT2D eigenvalue weighted by atomic mass is 9.94. The molecule has 1 aromatic carbocycles. The number of aliphatic hydroxyl groups is 1. The number of nitrogens with two attached hydrogens (primary N) is 1. The minimum absolute atomic E-state index is 0.0508. The van der Waals surface area contributed by atoms with Gasteiger partial charge in [0.1, 0.15) is 5.60 Å². The summed E-state index contributed by atoms with van der Waals surface area (Å²) in [7, 11) is 0. The van der Waals surface area contributed by atoms with Gasteiger partial charge in [-0.05, 0) is 49.9 Å². The number of hydrogen-bond acceptors (Lipinski definition) is 4. The van der Waals surface area contributed by atoms with Crippen molar-refractivity contribution in [3.05, 3.63) is 28.8 Å². The Hall–Kier alpha value is -1.75. The van der Waals surface area contributed by atoms with Gasteiger partial charge in [-0.15, -0.1) is 0 Å². The van der Waals surface area contributed by atoms with E-state index in [4.69, 9.17) is 10.5 Å². The number of nitrogens with zero attached hydrogens (tertiary/aromatic N) is 1. The van der Waals surface area contributed by atoms with Crippen LogP contribution in [0.4, 0.5) is 10.5 Å². The molecule has 0 aromatic heterocycles. The summed E-state index contributed by atoms with van der Waals surface area (Å²) in [6.07, 6.45) is 0.364. The summed E-state index contributed by atoms with van der Waals surface area (Å²) < 4.78 is 5.39. The number of hydrogen-bond donors (Lipinski definition) is 2. The molecule has 0 saturated carbocycles. The molecule has 1 aliphatic rings. The number of anilines is 1. The summed E-state index contributed by atoms with van der Waals surface area (Å²) in [4.78, 5) is 13.8. The van der Waals surface area contributed by atoms with Crippen molar-refractivity contribution in [3.8, 4) is 0 Å². The van der Waals surface area contributed by atoms with Crippen molar-refractivity contribution < 1.29 is 14.6 Å². The van der Waals surface area contributed by atoms with Gasteiger partial charge in [0.05, 0.1) is 6.61 Å². The Morgan fingerprint density at radius 2 is 2.10 bits per heavy atom. The Balaban J connectivity index is 2.22. The third kappa shape index (κ3) is 3.04. The van der Waals surface area contributed by atoms with Crippen molar-refractivity contribution >= 4 is 11.8 Å². The molecule has 1 heterocycles. The van der Waals surface area contributed by atoms with E-state index in [0.717, 1.165) is 22.4 Å². The van der Waals surface area contributed by atoms with Crippen molar-refractivity contribution in [3.63, 3.8) is 0 Å². The zero-order valence-corrected chi connectivity index (χ0v) is 12.3. The maximum atomic E-state index is 12.1. The number of rotatable bonds is 1. The number of ether oxygens (including phenoxy) is 1. The Bertz CT molecular complexity index is 521. The minimum atomic E-state index is -0.507. The van der Waals surface area contributed by atoms with Gasteiger partial charge in [-0.2, -0.15) is 0 Å². The Morgan fingerprint density at radius 1 is 1.40 bits per heavy atom. The zero-order chi connectivity index (χ0) is 14.9. The van der Waals surface area contributed by atoms with Crippen LogP contribution < -0.4 is 5.73 Å². The van der Waals surface area contributed by atoms with Crippen molar-refractivity contribution in [1.29, 1.82) is 0 Å². The maximum Gasteiger partial charge on any atom is 0.410 e. The molecule has 0 unspecified atom stereocenters. The van der Waals surface area contributed by atoms with Crippen molar-refractivity contribution in [2.45, 2.75) is 45.9 Å². The van der Waals surface area contributed by atoms with Gasteiger partial charge in [0.2, 0.25) is 0 Å². The van der Waals surface area contributed by atoms with Gasteiger partial charge in [0.15, 0.2) is 0 Å². The molecule has 1 aromatic rings. The Kier molecular flexibility index (Phi) is 3.90. The third-order valence-corrected chi connectivity index (χ3v) is 3.37. The smallest absolute Gasteiger partial charge is 0.410 e. The van der Waals surface area contributed by atoms with E-state index in [0.29, 0.717) is 19.5 Å². The average molecular weight is 278 g/mol. The van der Waals surface area contributed by atoms with Gasteiger partial charge in [0, 0.05) is 18.8 Å². The molecule has 110 valence electrons. The molecular formula is C15H22N2O3. The first kappa shape index (κ1) is 14.7. The van der Waals surface area contributed by atoms with Crippen LogP contribution in [0.2, 0.25) is 0 Å². The lowest BCUT2D eigenvalue weighted by Crippen LogP contribution is -2.40. The van der Waals surface area contributed by atoms with Gasteiger partial charge in [-0.3, -0.25) is 0 Å². The molecule has 0 aliphatic carbocycles. The zero-order valence-electron chi connectivity index (χ0n) is 12.3. The third-order valence-electron chi connectivity index (χ3n) is 3.37. The van der Waals surface area contributed by atoms with Crippen molar-refractivity contribution in [2.24, 2.45) is 0 Å². The molecule has 3 N–H and O–H groups in total. The predicted molar refractivity (Wildman–Crippen MR) is 77.1 cm³/mol. The Morgan fingerprint density at radius 3 is 2.70 bits per heavy atom. The summed E-state index contributed by atoms with van der Waals surface area (Å²) in [5.41, 5.74) is 9.00. The standard InChI is InChI=1S/C15H22N2O3/c1-15(2,3)20-14(19)17-7-6-11-12(8-17)10(9-18)4-5-13(11)16/h4-5,18H,6-9,16H2,1-3H3. The number of fused-ring (bicyclic) bond motifs is 1. The summed E-state index contributed by atoms with van der Waals surface area (Å²) in [5.74, 6) is 0. The number of carbonyl (C=O) groups excluding carboxylic acids is 1. The SMILES string of the molecule is CC(C)(C)OC(=O)N1CCc2c(N)ccc(CO)c2C1. The molecule has 1 aliphatic heterocycles. The van der Waals surface area contributed by atoms with E-state index in [1.165, 1.54) is 0 Å². The fourth-order valence-electron chi connectivity index (χ4n) is 2.40. The second-order valence-corrected chi connectivity index (χ2v) is 6.08. The first-order chi connectivity index (χ1) is 9.31. The normalized spacial score (nSPS) is 14.9. The molecule has 1 amide bonds. The Labute approximate surface area is 119 Å². The lowest BCUT2D eigenvalue weighted by Gasteiger charge is -2.32. The highest BCUT2D eigenvalue weighted by Crippen LogP contribution is 2.28. The van der Waals surface area contributed by atoms with Gasteiger partial charge < -0.3 is 20.5 Å². The van der Waals surface area contributed by atoms with Gasteiger partial charge in [0.25, 0.3) is 0 Å². The molecule has 5 heteroatoms. The summed E-state index contributed by atoms with van der Waals surface area (Å²) >= 11 is 0. The van der Waals surface area contributed by atoms with Crippen LogP contribution in [0.15, 0.2) is 12.1 Å². The fourth-order valence-corrected chi connectivity index (χ4v) is 2.40. The number of benzene rings is 1. The topological polar surface area (TPSA) is 75.8 Å². The second-order valence-electron chi connectivity index (χ2n) is 6.08. The number of aliphatic hydroxyl groups excluding tert-OH is 1. The van der Waals surface area contributed by atoms with E-state index in [2.05, 4.69) is 0 Å². The number of carbonyl (C=O) groups is 1. The maximum absolute atomic E-state index is 12.1. The number of nitrogen functional groups attached to an aromatic ring is 1. The van der Waals surface area contributed by atoms with Crippen LogP contribution in [-0.4, -0.2) is 28.2 Å². The average Bonchev–Trinajstić information content (AvgIpc) is 2.37. The molecular weight excluding hydrogens is 256 g/mol. The van der Waals surface area contributed by atoms with Gasteiger partial charge in [-0.25, -0.2) is 4.79 Å². The highest BCUT2D eigenvalue weighted by molar-refractivity contribution is 5.69. The molecule has 5 nitrogen and oxygen atoms in total. The van der Waals surface area contributed by atoms with E-state index in [1.54, 1.807) is 4.90 Å². The van der Waals surface area contributed by atoms with Gasteiger partial charge in [-0.1, -0.05) is 6.07 Å². The summed E-state index contributed by atoms with van der Waals surface area (Å²) in [6.45, 7) is 6.51. The van der Waals surface area contributed by atoms with Crippen LogP contribution in [0.1, 0.15) is 37.5 Å². The van der Waals surface area contributed by atoms with Crippen LogP contribution in [0.3, 0.4) is 0 Å². The molecule has 0 bridgehead atoms. The van der Waals surface area contributed by atoms with E-state index < -0.39 is 5.60 Å². The molecule has 0 saturated heterocycles. The van der Waals surface area contributed by atoms with Gasteiger partial charge >= 0.3 is 6.09 Å². The molecule has 2 rings (SSSR count). The quantitative estimate of drug-likeness (QED) is 0.771. The first-order valence-corrected chi connectivity index (χ1v) is 6.79. The monoisotopic (exact) mass is 278 g/mol. The fraction of sp³-hybridized carbons (Fsp3) is 0.533. The van der Waals surface area contributed by atoms with E-state index in [9.17, 15) is 9.90 Å². The van der Waals surface area contributed by atoms with Crippen molar-refractivity contribution in [2.75, 3.05) is 12.3 Å². The highest BCUT2D eigenvalue weighted by Gasteiger charge is 2.27. The number of amides is 1. The van der Waals surface area contributed by atoms with E-state index in [1.807, 2.05) is 32.9 Å². The summed E-state index contributed by atoms with van der Waals surface area (Å²) in [6, 6.07) is 3.63. The van der Waals surface area contributed by atoms with Crippen LogP contribution in [-0.2, 0) is 24.3 Å². The van der Waals surface area contributed by atoms with E-state index >= 15 is 0 Å². The van der Waals surface area contributed by atoms with E-state index in [-0.39, 0.29) is 12.7 Å². The highest BCUT2D eigenvalue weighted by atomic mass is 16.6. The lowest BCUT2D eigenvalue weighted by molar-refractivity contribution is 0.0222. The predicted octanol–water partition coefficient (Wildman–Crippen LogP) is 2.05. The first-order valence-electron chi connectivity index (χ1n) is 6.79. The van der Waals surface area contributed by atoms with Crippen LogP contribution in [0, 0.1) is 0 Å². The van der Waals surface area contributed by atoms with Crippen LogP contribution in [0.25, 0.3) is 0 Å². The molecule has 0 fully saturated rings. The van der Waals surface area contributed by atoms with Crippen LogP contribution >= 0.6 is 0 Å².